The Bertz CT molecular complexity index is 667. The van der Waals surface area contributed by atoms with Gasteiger partial charge in [0.1, 0.15) is 11.8 Å². The number of hydrogen-bond donors (Lipinski definition) is 0. The predicted octanol–water partition coefficient (Wildman–Crippen LogP) is 2.65. The molecule has 0 aliphatic rings. The standard InChI is InChI=1S/C11H5IN4O3/c12-9-2-1-8(16(17)18)3-10(9)19-11-6-14-7(4-13)5-15-11/h1-3,5-6H. The zero-order valence-corrected chi connectivity index (χ0v) is 11.4. The van der Waals surface area contributed by atoms with Gasteiger partial charge in [0.15, 0.2) is 5.69 Å². The molecule has 1 heterocycles. The van der Waals surface area contributed by atoms with Crippen molar-refractivity contribution < 1.29 is 9.66 Å². The molecule has 0 radical (unpaired) electrons. The average molecular weight is 368 g/mol. The molecule has 19 heavy (non-hydrogen) atoms. The molecule has 0 aliphatic carbocycles. The Morgan fingerprint density at radius 2 is 2.16 bits per heavy atom. The first kappa shape index (κ1) is 13.2. The van der Waals surface area contributed by atoms with Gasteiger partial charge in [-0.2, -0.15) is 5.26 Å². The van der Waals surface area contributed by atoms with Crippen LogP contribution in [0.2, 0.25) is 0 Å². The summed E-state index contributed by atoms with van der Waals surface area (Å²) >= 11 is 1.99. The van der Waals surface area contributed by atoms with Crippen LogP contribution >= 0.6 is 22.6 Å². The summed E-state index contributed by atoms with van der Waals surface area (Å²) in [5.41, 5.74) is 0.0955. The van der Waals surface area contributed by atoms with Gasteiger partial charge in [-0.15, -0.1) is 0 Å². The number of nitriles is 1. The summed E-state index contributed by atoms with van der Waals surface area (Å²) in [5.74, 6) is 0.478. The summed E-state index contributed by atoms with van der Waals surface area (Å²) in [5, 5.41) is 19.3. The Morgan fingerprint density at radius 3 is 2.74 bits per heavy atom. The summed E-state index contributed by atoms with van der Waals surface area (Å²) in [6.45, 7) is 0. The van der Waals surface area contributed by atoms with Crippen LogP contribution in [0.1, 0.15) is 5.69 Å². The molecule has 2 rings (SSSR count). The molecule has 0 bridgehead atoms. The van der Waals surface area contributed by atoms with Gasteiger partial charge < -0.3 is 4.74 Å². The van der Waals surface area contributed by atoms with Crippen molar-refractivity contribution in [1.29, 1.82) is 5.26 Å². The lowest BCUT2D eigenvalue weighted by Crippen LogP contribution is -1.94. The maximum atomic E-state index is 10.7. The second-order valence-corrected chi connectivity index (χ2v) is 4.49. The Morgan fingerprint density at radius 1 is 1.37 bits per heavy atom. The lowest BCUT2D eigenvalue weighted by molar-refractivity contribution is -0.384. The van der Waals surface area contributed by atoms with Gasteiger partial charge in [-0.25, -0.2) is 9.97 Å². The second kappa shape index (κ2) is 5.57. The van der Waals surface area contributed by atoms with Crippen molar-refractivity contribution in [1.82, 2.24) is 9.97 Å². The third-order valence-electron chi connectivity index (χ3n) is 2.08. The van der Waals surface area contributed by atoms with Crippen molar-refractivity contribution in [2.75, 3.05) is 0 Å². The largest absolute Gasteiger partial charge is 0.436 e. The quantitative estimate of drug-likeness (QED) is 0.469. The molecule has 0 atom stereocenters. The van der Waals surface area contributed by atoms with E-state index in [1.54, 1.807) is 6.07 Å². The van der Waals surface area contributed by atoms with Gasteiger partial charge in [0.25, 0.3) is 5.69 Å². The zero-order valence-electron chi connectivity index (χ0n) is 9.28. The molecule has 94 valence electrons. The molecule has 0 N–H and O–H groups in total. The number of nitro benzene ring substituents is 1. The van der Waals surface area contributed by atoms with Crippen molar-refractivity contribution in [3.05, 3.63) is 50.0 Å². The summed E-state index contributed by atoms with van der Waals surface area (Å²) in [7, 11) is 0. The molecule has 0 saturated carbocycles. The van der Waals surface area contributed by atoms with Crippen LogP contribution in [0.3, 0.4) is 0 Å². The summed E-state index contributed by atoms with van der Waals surface area (Å²) in [6.07, 6.45) is 2.55. The number of non-ortho nitro benzene ring substituents is 1. The average Bonchev–Trinajstić information content (AvgIpc) is 2.42. The fourth-order valence-corrected chi connectivity index (χ4v) is 1.67. The summed E-state index contributed by atoms with van der Waals surface area (Å²) in [4.78, 5) is 17.9. The van der Waals surface area contributed by atoms with Crippen molar-refractivity contribution in [2.24, 2.45) is 0 Å². The first-order valence-corrected chi connectivity index (χ1v) is 6.02. The van der Waals surface area contributed by atoms with E-state index < -0.39 is 4.92 Å². The molecule has 0 saturated heterocycles. The summed E-state index contributed by atoms with van der Waals surface area (Å²) in [6, 6.07) is 6.10. The van der Waals surface area contributed by atoms with E-state index in [1.165, 1.54) is 24.5 Å². The normalized spacial score (nSPS) is 9.68. The van der Waals surface area contributed by atoms with Crippen LogP contribution in [0, 0.1) is 25.0 Å². The van der Waals surface area contributed by atoms with Crippen LogP contribution in [0.5, 0.6) is 11.6 Å². The minimum Gasteiger partial charge on any atom is -0.436 e. The molecular formula is C11H5IN4O3. The molecule has 1 aromatic carbocycles. The molecular weight excluding hydrogens is 363 g/mol. The van der Waals surface area contributed by atoms with Crippen LogP contribution in [0.4, 0.5) is 5.69 Å². The number of nitro groups is 1. The van der Waals surface area contributed by atoms with Gasteiger partial charge in [-0.3, -0.25) is 10.1 Å². The number of hydrogen-bond acceptors (Lipinski definition) is 6. The van der Waals surface area contributed by atoms with Gasteiger partial charge in [0, 0.05) is 6.07 Å². The number of aromatic nitrogens is 2. The van der Waals surface area contributed by atoms with E-state index in [4.69, 9.17) is 10.00 Å². The van der Waals surface area contributed by atoms with Crippen LogP contribution in [-0.4, -0.2) is 14.9 Å². The Labute approximate surface area is 121 Å². The van der Waals surface area contributed by atoms with E-state index in [0.29, 0.717) is 9.32 Å². The minimum absolute atomic E-state index is 0.0722. The molecule has 7 nitrogen and oxygen atoms in total. The Balaban J connectivity index is 2.29. The van der Waals surface area contributed by atoms with E-state index in [-0.39, 0.29) is 17.3 Å². The number of halogens is 1. The lowest BCUT2D eigenvalue weighted by atomic mass is 10.3. The van der Waals surface area contributed by atoms with Gasteiger partial charge in [-0.1, -0.05) is 0 Å². The minimum atomic E-state index is -0.507. The molecule has 2 aromatic rings. The van der Waals surface area contributed by atoms with Crippen molar-refractivity contribution in [2.45, 2.75) is 0 Å². The van der Waals surface area contributed by atoms with E-state index >= 15 is 0 Å². The number of ether oxygens (including phenoxy) is 1. The van der Waals surface area contributed by atoms with Crippen molar-refractivity contribution >= 4 is 28.3 Å². The molecule has 0 fully saturated rings. The fourth-order valence-electron chi connectivity index (χ4n) is 1.22. The SMILES string of the molecule is N#Cc1cnc(Oc2cc([N+](=O)[O-])ccc2I)cn1. The monoisotopic (exact) mass is 368 g/mol. The van der Waals surface area contributed by atoms with Gasteiger partial charge >= 0.3 is 0 Å². The first-order valence-electron chi connectivity index (χ1n) is 4.94. The third kappa shape index (κ3) is 3.14. The molecule has 0 aliphatic heterocycles. The van der Waals surface area contributed by atoms with E-state index in [2.05, 4.69) is 9.97 Å². The molecule has 8 heteroatoms. The van der Waals surface area contributed by atoms with Gasteiger partial charge in [0.05, 0.1) is 27.0 Å². The Hall–Kier alpha value is -2.28. The topological polar surface area (TPSA) is 102 Å². The highest BCUT2D eigenvalue weighted by Gasteiger charge is 2.11. The molecule has 0 unspecified atom stereocenters. The van der Waals surface area contributed by atoms with Gasteiger partial charge in [0.2, 0.25) is 5.88 Å². The van der Waals surface area contributed by atoms with Gasteiger partial charge in [-0.05, 0) is 28.7 Å². The lowest BCUT2D eigenvalue weighted by Gasteiger charge is -2.05. The number of nitrogens with zero attached hydrogens (tertiary/aromatic N) is 4. The molecule has 0 spiro atoms. The maximum Gasteiger partial charge on any atom is 0.273 e. The third-order valence-corrected chi connectivity index (χ3v) is 2.97. The molecule has 0 amide bonds. The number of benzene rings is 1. The number of rotatable bonds is 3. The van der Waals surface area contributed by atoms with Crippen molar-refractivity contribution in [3.8, 4) is 17.7 Å². The smallest absolute Gasteiger partial charge is 0.273 e. The summed E-state index contributed by atoms with van der Waals surface area (Å²) < 4.78 is 6.11. The van der Waals surface area contributed by atoms with Crippen LogP contribution < -0.4 is 4.74 Å². The van der Waals surface area contributed by atoms with E-state index in [0.717, 1.165) is 0 Å². The van der Waals surface area contributed by atoms with E-state index in [1.807, 2.05) is 28.7 Å². The Kier molecular flexibility index (Phi) is 3.86. The predicted molar refractivity (Wildman–Crippen MR) is 72.6 cm³/mol. The maximum absolute atomic E-state index is 10.7. The van der Waals surface area contributed by atoms with Crippen LogP contribution in [-0.2, 0) is 0 Å². The van der Waals surface area contributed by atoms with E-state index in [9.17, 15) is 10.1 Å². The fraction of sp³-hybridized carbons (Fsp3) is 0. The highest BCUT2D eigenvalue weighted by Crippen LogP contribution is 2.29. The second-order valence-electron chi connectivity index (χ2n) is 3.33. The van der Waals surface area contributed by atoms with Crippen molar-refractivity contribution in [3.63, 3.8) is 0 Å². The van der Waals surface area contributed by atoms with Crippen LogP contribution in [0.25, 0.3) is 0 Å². The highest BCUT2D eigenvalue weighted by molar-refractivity contribution is 14.1. The first-order chi connectivity index (χ1) is 9.10. The van der Waals surface area contributed by atoms with Crippen LogP contribution in [0.15, 0.2) is 30.6 Å². The highest BCUT2D eigenvalue weighted by atomic mass is 127. The molecule has 1 aromatic heterocycles. The zero-order chi connectivity index (χ0) is 13.8.